The van der Waals surface area contributed by atoms with E-state index in [1.807, 2.05) is 24.3 Å². The van der Waals surface area contributed by atoms with E-state index in [1.54, 1.807) is 34.3 Å². The molecule has 0 aliphatic rings. The normalized spacial score (nSPS) is 10.8. The van der Waals surface area contributed by atoms with Gasteiger partial charge in [0.15, 0.2) is 17.5 Å². The number of rotatable bonds is 8. The van der Waals surface area contributed by atoms with Crippen LogP contribution in [0.15, 0.2) is 41.4 Å². The van der Waals surface area contributed by atoms with Crippen LogP contribution in [0.4, 0.5) is 4.39 Å². The van der Waals surface area contributed by atoms with Gasteiger partial charge in [0, 0.05) is 20.1 Å². The zero-order valence-electron chi connectivity index (χ0n) is 16.8. The Morgan fingerprint density at radius 2 is 1.71 bits per heavy atom. The van der Waals surface area contributed by atoms with E-state index in [0.717, 1.165) is 42.4 Å². The van der Waals surface area contributed by atoms with Crippen molar-refractivity contribution in [2.45, 2.75) is 26.3 Å². The molecule has 28 heavy (non-hydrogen) atoms. The molecule has 0 spiro atoms. The minimum atomic E-state index is -0.184. The predicted molar refractivity (Wildman–Crippen MR) is 123 cm³/mol. The van der Waals surface area contributed by atoms with Gasteiger partial charge in [-0.1, -0.05) is 18.2 Å². The standard InChI is InChI=1S/C21H28FN3O2.HI/c1-15-12-17(7-9-18(15)22)14-25-21(23-2)24-11-5-6-16-8-10-19(26-3)20(13-16)27-4;/h7-10,12-13H,5-6,11,14H2,1-4H3,(H2,23,24,25);1H. The molecule has 7 heteroatoms. The molecule has 0 atom stereocenters. The average molecular weight is 501 g/mol. The van der Waals surface area contributed by atoms with Crippen molar-refractivity contribution in [3.63, 3.8) is 0 Å². The Hall–Kier alpha value is -2.03. The summed E-state index contributed by atoms with van der Waals surface area (Å²) < 4.78 is 23.9. The van der Waals surface area contributed by atoms with Crippen LogP contribution < -0.4 is 20.1 Å². The maximum atomic E-state index is 13.3. The molecule has 0 aliphatic carbocycles. The molecule has 5 nitrogen and oxygen atoms in total. The third-order valence-corrected chi connectivity index (χ3v) is 4.29. The maximum Gasteiger partial charge on any atom is 0.191 e. The minimum absolute atomic E-state index is 0. The summed E-state index contributed by atoms with van der Waals surface area (Å²) in [6.07, 6.45) is 1.87. The summed E-state index contributed by atoms with van der Waals surface area (Å²) in [5, 5.41) is 6.54. The lowest BCUT2D eigenvalue weighted by Crippen LogP contribution is -2.37. The van der Waals surface area contributed by atoms with Crippen molar-refractivity contribution in [2.24, 2.45) is 4.99 Å². The van der Waals surface area contributed by atoms with Crippen molar-refractivity contribution in [1.82, 2.24) is 10.6 Å². The molecule has 2 aromatic carbocycles. The first-order valence-corrected chi connectivity index (χ1v) is 8.97. The number of nitrogens with one attached hydrogen (secondary N) is 2. The first-order chi connectivity index (χ1) is 13.1. The van der Waals surface area contributed by atoms with E-state index in [4.69, 9.17) is 9.47 Å². The number of guanidine groups is 1. The van der Waals surface area contributed by atoms with Gasteiger partial charge in [-0.25, -0.2) is 4.39 Å². The second-order valence-electron chi connectivity index (χ2n) is 6.23. The van der Waals surface area contributed by atoms with Crippen LogP contribution in [0, 0.1) is 12.7 Å². The van der Waals surface area contributed by atoms with E-state index >= 15 is 0 Å². The summed E-state index contributed by atoms with van der Waals surface area (Å²) in [5.41, 5.74) is 2.86. The molecular formula is C21H29FIN3O2. The minimum Gasteiger partial charge on any atom is -0.493 e. The van der Waals surface area contributed by atoms with Crippen LogP contribution in [0.2, 0.25) is 0 Å². The predicted octanol–water partition coefficient (Wildman–Crippen LogP) is 4.07. The second kappa shape index (κ2) is 12.4. The van der Waals surface area contributed by atoms with Crippen molar-refractivity contribution in [3.8, 4) is 11.5 Å². The summed E-state index contributed by atoms with van der Waals surface area (Å²) in [6, 6.07) is 11.1. The fraction of sp³-hybridized carbons (Fsp3) is 0.381. The van der Waals surface area contributed by atoms with Crippen molar-refractivity contribution < 1.29 is 13.9 Å². The lowest BCUT2D eigenvalue weighted by molar-refractivity contribution is 0.354. The summed E-state index contributed by atoms with van der Waals surface area (Å²) in [6.45, 7) is 3.15. The molecule has 0 fully saturated rings. The molecule has 0 heterocycles. The zero-order chi connectivity index (χ0) is 19.6. The van der Waals surface area contributed by atoms with Crippen molar-refractivity contribution >= 4 is 29.9 Å². The summed E-state index contributed by atoms with van der Waals surface area (Å²) >= 11 is 0. The van der Waals surface area contributed by atoms with Crippen LogP contribution in [0.3, 0.4) is 0 Å². The average Bonchev–Trinajstić information content (AvgIpc) is 2.69. The van der Waals surface area contributed by atoms with Crippen LogP contribution in [-0.2, 0) is 13.0 Å². The molecule has 2 N–H and O–H groups in total. The molecule has 0 bridgehead atoms. The fourth-order valence-electron chi connectivity index (χ4n) is 2.76. The lowest BCUT2D eigenvalue weighted by Gasteiger charge is -2.13. The Labute approximate surface area is 183 Å². The second-order valence-corrected chi connectivity index (χ2v) is 6.23. The Bertz CT molecular complexity index is 784. The van der Waals surface area contributed by atoms with Gasteiger partial charge in [0.1, 0.15) is 5.82 Å². The van der Waals surface area contributed by atoms with Gasteiger partial charge in [-0.3, -0.25) is 4.99 Å². The van der Waals surface area contributed by atoms with E-state index < -0.39 is 0 Å². The quantitative estimate of drug-likeness (QED) is 0.248. The molecule has 0 aliphatic heterocycles. The largest absolute Gasteiger partial charge is 0.493 e. The first-order valence-electron chi connectivity index (χ1n) is 8.97. The van der Waals surface area contributed by atoms with Gasteiger partial charge in [0.05, 0.1) is 14.2 Å². The molecule has 0 amide bonds. The highest BCUT2D eigenvalue weighted by Crippen LogP contribution is 2.27. The number of benzene rings is 2. The summed E-state index contributed by atoms with van der Waals surface area (Å²) in [5.74, 6) is 2.02. The van der Waals surface area contributed by atoms with Crippen molar-refractivity contribution in [1.29, 1.82) is 0 Å². The van der Waals surface area contributed by atoms with E-state index in [1.165, 1.54) is 11.6 Å². The van der Waals surface area contributed by atoms with Crippen molar-refractivity contribution in [2.75, 3.05) is 27.8 Å². The topological polar surface area (TPSA) is 54.9 Å². The molecule has 0 aromatic heterocycles. The van der Waals surface area contributed by atoms with Crippen LogP contribution >= 0.6 is 24.0 Å². The smallest absolute Gasteiger partial charge is 0.191 e. The number of hydrogen-bond acceptors (Lipinski definition) is 3. The highest BCUT2D eigenvalue weighted by molar-refractivity contribution is 14.0. The fourth-order valence-corrected chi connectivity index (χ4v) is 2.76. The van der Waals surface area contributed by atoms with E-state index in [-0.39, 0.29) is 29.8 Å². The molecule has 2 rings (SSSR count). The van der Waals surface area contributed by atoms with Gasteiger partial charge >= 0.3 is 0 Å². The Kier molecular flexibility index (Phi) is 10.7. The van der Waals surface area contributed by atoms with Crippen LogP contribution in [0.5, 0.6) is 11.5 Å². The molecule has 0 saturated heterocycles. The summed E-state index contributed by atoms with van der Waals surface area (Å²) in [7, 11) is 5.01. The molecule has 2 aromatic rings. The molecule has 154 valence electrons. The van der Waals surface area contributed by atoms with Crippen molar-refractivity contribution in [3.05, 3.63) is 58.9 Å². The Morgan fingerprint density at radius 1 is 1.00 bits per heavy atom. The number of aryl methyl sites for hydroxylation is 2. The van der Waals surface area contributed by atoms with E-state index in [2.05, 4.69) is 15.6 Å². The number of methoxy groups -OCH3 is 2. The van der Waals surface area contributed by atoms with Gasteiger partial charge in [-0.15, -0.1) is 24.0 Å². The first kappa shape index (κ1) is 24.0. The van der Waals surface area contributed by atoms with E-state index in [0.29, 0.717) is 12.1 Å². The number of halogens is 2. The van der Waals surface area contributed by atoms with Gasteiger partial charge in [-0.05, 0) is 54.7 Å². The van der Waals surface area contributed by atoms with Crippen LogP contribution in [-0.4, -0.2) is 33.8 Å². The molecular weight excluding hydrogens is 472 g/mol. The maximum absolute atomic E-state index is 13.3. The van der Waals surface area contributed by atoms with Crippen LogP contribution in [0.25, 0.3) is 0 Å². The monoisotopic (exact) mass is 501 g/mol. The molecule has 0 saturated carbocycles. The molecule has 0 unspecified atom stereocenters. The Balaban J connectivity index is 0.00000392. The SMILES string of the molecule is CN=C(NCCCc1ccc(OC)c(OC)c1)NCc1ccc(F)c(C)c1.I. The number of ether oxygens (including phenoxy) is 2. The third-order valence-electron chi connectivity index (χ3n) is 4.29. The van der Waals surface area contributed by atoms with Gasteiger partial charge in [0.2, 0.25) is 0 Å². The Morgan fingerprint density at radius 3 is 2.36 bits per heavy atom. The highest BCUT2D eigenvalue weighted by atomic mass is 127. The lowest BCUT2D eigenvalue weighted by atomic mass is 10.1. The van der Waals surface area contributed by atoms with Gasteiger partial charge in [-0.2, -0.15) is 0 Å². The third kappa shape index (κ3) is 7.18. The molecule has 0 radical (unpaired) electrons. The van der Waals surface area contributed by atoms with Gasteiger partial charge in [0.25, 0.3) is 0 Å². The number of nitrogens with zero attached hydrogens (tertiary/aromatic N) is 1. The van der Waals surface area contributed by atoms with Gasteiger partial charge < -0.3 is 20.1 Å². The van der Waals surface area contributed by atoms with E-state index in [9.17, 15) is 4.39 Å². The highest BCUT2D eigenvalue weighted by Gasteiger charge is 2.05. The summed E-state index contributed by atoms with van der Waals surface area (Å²) in [4.78, 5) is 4.22. The number of aliphatic imine (C=N–C) groups is 1. The zero-order valence-corrected chi connectivity index (χ0v) is 19.2. The number of hydrogen-bond donors (Lipinski definition) is 2. The van der Waals surface area contributed by atoms with Crippen LogP contribution in [0.1, 0.15) is 23.1 Å².